The van der Waals surface area contributed by atoms with E-state index in [0.29, 0.717) is 17.4 Å². The van der Waals surface area contributed by atoms with Crippen LogP contribution < -0.4 is 11.1 Å². The summed E-state index contributed by atoms with van der Waals surface area (Å²) in [7, 11) is -0.815. The largest absolute Gasteiger partial charge is 0.389 e. The number of anilines is 1. The second-order valence-electron chi connectivity index (χ2n) is 4.97. The summed E-state index contributed by atoms with van der Waals surface area (Å²) in [5, 5.41) is 4.41. The molecule has 0 saturated heterocycles. The van der Waals surface area contributed by atoms with Crippen molar-refractivity contribution >= 4 is 44.7 Å². The normalized spacial score (nSPS) is 13.8. The van der Waals surface area contributed by atoms with Gasteiger partial charge in [0, 0.05) is 34.2 Å². The van der Waals surface area contributed by atoms with E-state index in [0.717, 1.165) is 22.9 Å². The van der Waals surface area contributed by atoms with Gasteiger partial charge in [-0.05, 0) is 18.6 Å². The fourth-order valence-electron chi connectivity index (χ4n) is 2.00. The number of aromatic nitrogens is 1. The van der Waals surface area contributed by atoms with E-state index in [1.165, 1.54) is 0 Å². The average Bonchev–Trinajstić information content (AvgIpc) is 2.46. The number of fused-ring (bicyclic) bond motifs is 1. The van der Waals surface area contributed by atoms with Gasteiger partial charge in [-0.1, -0.05) is 37.3 Å². The molecule has 0 aliphatic heterocycles. The molecule has 0 radical (unpaired) electrons. The highest BCUT2D eigenvalue weighted by Gasteiger charge is 2.10. The standard InChI is InChI=1S/C15H19N3OS2/c1-10(21(2)19)7-8-17-15-12(14(16)20)9-11-5-3-4-6-13(11)18-15/h3-6,9-10H,7-8H2,1-2H3,(H2,16,20)(H,17,18). The van der Waals surface area contributed by atoms with Crippen LogP contribution in [0.25, 0.3) is 10.9 Å². The number of thiocarbonyl (C=S) groups is 1. The van der Waals surface area contributed by atoms with Gasteiger partial charge in [0.25, 0.3) is 0 Å². The minimum Gasteiger partial charge on any atom is -0.389 e. The maximum atomic E-state index is 11.4. The van der Waals surface area contributed by atoms with Crippen LogP contribution in [-0.2, 0) is 10.8 Å². The molecule has 2 aromatic rings. The highest BCUT2D eigenvalue weighted by Crippen LogP contribution is 2.20. The fourth-order valence-corrected chi connectivity index (χ4v) is 2.60. The third kappa shape index (κ3) is 3.98. The van der Waals surface area contributed by atoms with Gasteiger partial charge in [-0.2, -0.15) is 0 Å². The predicted molar refractivity (Wildman–Crippen MR) is 94.3 cm³/mol. The highest BCUT2D eigenvalue weighted by molar-refractivity contribution is 7.84. The van der Waals surface area contributed by atoms with E-state index in [9.17, 15) is 4.21 Å². The first-order valence-electron chi connectivity index (χ1n) is 6.74. The van der Waals surface area contributed by atoms with Crippen molar-refractivity contribution in [1.29, 1.82) is 0 Å². The van der Waals surface area contributed by atoms with Crippen LogP contribution in [0.5, 0.6) is 0 Å². The fraction of sp³-hybridized carbons (Fsp3) is 0.333. The summed E-state index contributed by atoms with van der Waals surface area (Å²) in [4.78, 5) is 4.91. The molecular weight excluding hydrogens is 302 g/mol. The van der Waals surface area contributed by atoms with Crippen LogP contribution in [0.15, 0.2) is 30.3 Å². The van der Waals surface area contributed by atoms with Gasteiger partial charge in [-0.3, -0.25) is 4.21 Å². The van der Waals surface area contributed by atoms with Gasteiger partial charge in [-0.15, -0.1) is 0 Å². The first kappa shape index (κ1) is 15.9. The Kier molecular flexibility index (Phi) is 5.25. The third-order valence-electron chi connectivity index (χ3n) is 3.40. The molecule has 1 heterocycles. The molecule has 0 bridgehead atoms. The lowest BCUT2D eigenvalue weighted by Gasteiger charge is -2.13. The number of para-hydroxylation sites is 1. The number of hydrogen-bond acceptors (Lipinski definition) is 4. The molecule has 0 fully saturated rings. The molecule has 1 aromatic heterocycles. The van der Waals surface area contributed by atoms with Crippen molar-refractivity contribution in [2.24, 2.45) is 5.73 Å². The second kappa shape index (κ2) is 6.95. The number of pyridine rings is 1. The van der Waals surface area contributed by atoms with E-state index < -0.39 is 10.8 Å². The van der Waals surface area contributed by atoms with Crippen molar-refractivity contribution in [2.45, 2.75) is 18.6 Å². The van der Waals surface area contributed by atoms with E-state index in [4.69, 9.17) is 18.0 Å². The van der Waals surface area contributed by atoms with E-state index >= 15 is 0 Å². The lowest BCUT2D eigenvalue weighted by molar-refractivity contribution is 0.672. The van der Waals surface area contributed by atoms with Gasteiger partial charge in [0.15, 0.2) is 0 Å². The first-order chi connectivity index (χ1) is 9.99. The maximum absolute atomic E-state index is 11.4. The van der Waals surface area contributed by atoms with Crippen LogP contribution in [0.2, 0.25) is 0 Å². The van der Waals surface area contributed by atoms with Crippen LogP contribution >= 0.6 is 12.2 Å². The van der Waals surface area contributed by atoms with Crippen molar-refractivity contribution in [3.05, 3.63) is 35.9 Å². The average molecular weight is 321 g/mol. The molecule has 0 spiro atoms. The lowest BCUT2D eigenvalue weighted by Crippen LogP contribution is -2.18. The van der Waals surface area contributed by atoms with Crippen LogP contribution in [0, 0.1) is 0 Å². The van der Waals surface area contributed by atoms with Crippen LogP contribution in [0.1, 0.15) is 18.9 Å². The summed E-state index contributed by atoms with van der Waals surface area (Å²) >= 11 is 5.11. The van der Waals surface area contributed by atoms with Gasteiger partial charge in [0.1, 0.15) is 10.8 Å². The first-order valence-corrected chi connectivity index (χ1v) is 8.77. The van der Waals surface area contributed by atoms with Crippen molar-refractivity contribution in [1.82, 2.24) is 4.98 Å². The molecule has 0 aliphatic carbocycles. The Morgan fingerprint density at radius 1 is 1.48 bits per heavy atom. The number of nitrogens with zero attached hydrogens (tertiary/aromatic N) is 1. The smallest absolute Gasteiger partial charge is 0.136 e. The van der Waals surface area contributed by atoms with Crippen molar-refractivity contribution in [3.63, 3.8) is 0 Å². The van der Waals surface area contributed by atoms with Crippen molar-refractivity contribution in [3.8, 4) is 0 Å². The molecular formula is C15H19N3OS2. The molecule has 1 aromatic carbocycles. The van der Waals surface area contributed by atoms with Gasteiger partial charge >= 0.3 is 0 Å². The van der Waals surface area contributed by atoms with Crippen molar-refractivity contribution in [2.75, 3.05) is 18.1 Å². The summed E-state index contributed by atoms with van der Waals surface area (Å²) in [6.07, 6.45) is 2.52. The van der Waals surface area contributed by atoms with Gasteiger partial charge in [0.05, 0.1) is 11.1 Å². The van der Waals surface area contributed by atoms with Crippen LogP contribution in [-0.4, -0.2) is 32.2 Å². The Bertz CT molecular complexity index is 688. The van der Waals surface area contributed by atoms with Crippen molar-refractivity contribution < 1.29 is 4.21 Å². The summed E-state index contributed by atoms with van der Waals surface area (Å²) in [5.74, 6) is 0.690. The van der Waals surface area contributed by atoms with Crippen LogP contribution in [0.3, 0.4) is 0 Å². The number of benzene rings is 1. The monoisotopic (exact) mass is 321 g/mol. The van der Waals surface area contributed by atoms with Crippen LogP contribution in [0.4, 0.5) is 5.82 Å². The molecule has 2 rings (SSSR count). The Hall–Kier alpha value is -1.53. The molecule has 0 amide bonds. The maximum Gasteiger partial charge on any atom is 0.136 e. The quantitative estimate of drug-likeness (QED) is 0.800. The summed E-state index contributed by atoms with van der Waals surface area (Å²) < 4.78 is 11.4. The minimum atomic E-state index is -0.815. The second-order valence-corrected chi connectivity index (χ2v) is 7.21. The summed E-state index contributed by atoms with van der Waals surface area (Å²) in [6, 6.07) is 9.79. The summed E-state index contributed by atoms with van der Waals surface area (Å²) in [6.45, 7) is 2.65. The van der Waals surface area contributed by atoms with E-state index in [1.807, 2.05) is 37.3 Å². The topological polar surface area (TPSA) is 68.0 Å². The molecule has 0 aliphatic rings. The molecule has 2 atom stereocenters. The Balaban J connectivity index is 2.23. The number of rotatable bonds is 6. The Labute approximate surface area is 132 Å². The lowest BCUT2D eigenvalue weighted by atomic mass is 10.1. The molecule has 112 valence electrons. The molecule has 21 heavy (non-hydrogen) atoms. The van der Waals surface area contributed by atoms with Gasteiger partial charge in [0.2, 0.25) is 0 Å². The predicted octanol–water partition coefficient (Wildman–Crippen LogP) is 2.44. The third-order valence-corrected chi connectivity index (χ3v) is 4.99. The minimum absolute atomic E-state index is 0.145. The number of nitrogens with one attached hydrogen (secondary N) is 1. The number of hydrogen-bond donors (Lipinski definition) is 2. The Morgan fingerprint density at radius 3 is 2.86 bits per heavy atom. The van der Waals surface area contributed by atoms with Gasteiger partial charge < -0.3 is 11.1 Å². The molecule has 4 nitrogen and oxygen atoms in total. The molecule has 3 N–H and O–H groups in total. The number of nitrogens with two attached hydrogens (primary N) is 1. The SMILES string of the molecule is CC(CCNc1nc2ccccc2cc1C(N)=S)S(C)=O. The highest BCUT2D eigenvalue weighted by atomic mass is 32.2. The zero-order valence-electron chi connectivity index (χ0n) is 12.1. The van der Waals surface area contributed by atoms with E-state index in [-0.39, 0.29) is 5.25 Å². The summed E-state index contributed by atoms with van der Waals surface area (Å²) in [5.41, 5.74) is 7.43. The van der Waals surface area contributed by atoms with Gasteiger partial charge in [-0.25, -0.2) is 4.98 Å². The Morgan fingerprint density at radius 2 is 2.19 bits per heavy atom. The van der Waals surface area contributed by atoms with E-state index in [2.05, 4.69) is 10.3 Å². The van der Waals surface area contributed by atoms with E-state index in [1.54, 1.807) is 6.26 Å². The molecule has 0 saturated carbocycles. The zero-order chi connectivity index (χ0) is 15.4. The zero-order valence-corrected chi connectivity index (χ0v) is 13.8. The molecule has 6 heteroatoms. The molecule has 2 unspecified atom stereocenters.